The molecule has 8 nitrogen and oxygen atoms in total. The van der Waals surface area contributed by atoms with Gasteiger partial charge in [0, 0.05) is 12.6 Å². The summed E-state index contributed by atoms with van der Waals surface area (Å²) >= 11 is 0. The molecule has 3 heterocycles. The fraction of sp³-hybridized carbons (Fsp3) is 0.571. The number of aryl methyl sites for hydroxylation is 1. The molecule has 0 spiro atoms. The van der Waals surface area contributed by atoms with Crippen LogP contribution in [0.25, 0.3) is 5.65 Å². The van der Waals surface area contributed by atoms with E-state index in [1.165, 1.54) is 0 Å². The van der Waals surface area contributed by atoms with Gasteiger partial charge >= 0.3 is 0 Å². The molecular weight excluding hydrogens is 284 g/mol. The maximum absolute atomic E-state index is 12.1. The van der Waals surface area contributed by atoms with Gasteiger partial charge in [-0.25, -0.2) is 0 Å². The Morgan fingerprint density at radius 2 is 2.23 bits per heavy atom. The summed E-state index contributed by atoms with van der Waals surface area (Å²) in [7, 11) is 0. The van der Waals surface area contributed by atoms with Crippen LogP contribution in [0.2, 0.25) is 0 Å². The largest absolute Gasteiger partial charge is 0.365 e. The maximum Gasteiger partial charge on any atom is 0.251 e. The molecule has 0 aromatic carbocycles. The van der Waals surface area contributed by atoms with E-state index in [1.54, 1.807) is 4.52 Å². The van der Waals surface area contributed by atoms with Crippen molar-refractivity contribution in [1.82, 2.24) is 25.1 Å². The second-order valence-corrected chi connectivity index (χ2v) is 5.80. The number of aromatic nitrogens is 4. The van der Waals surface area contributed by atoms with Crippen molar-refractivity contribution < 1.29 is 9.53 Å². The van der Waals surface area contributed by atoms with Gasteiger partial charge in [-0.1, -0.05) is 0 Å². The summed E-state index contributed by atoms with van der Waals surface area (Å²) in [5.41, 5.74) is 0.720. The number of carbonyl (C=O) groups excluding carboxylic acids is 1. The molecule has 1 aliphatic carbocycles. The number of anilines is 1. The Bertz CT molecular complexity index is 710. The summed E-state index contributed by atoms with van der Waals surface area (Å²) in [6, 6.07) is 4.14. The number of nitrogens with zero attached hydrogens (tertiary/aromatic N) is 5. The van der Waals surface area contributed by atoms with E-state index in [9.17, 15) is 4.79 Å². The van der Waals surface area contributed by atoms with E-state index >= 15 is 0 Å². The summed E-state index contributed by atoms with van der Waals surface area (Å²) in [4.78, 5) is 14.2. The number of morpholine rings is 1. The van der Waals surface area contributed by atoms with Crippen LogP contribution >= 0.6 is 0 Å². The number of hydrogen-bond donors (Lipinski definition) is 1. The molecule has 2 aromatic heterocycles. The molecule has 1 atom stereocenters. The van der Waals surface area contributed by atoms with E-state index in [-0.39, 0.29) is 5.91 Å². The van der Waals surface area contributed by atoms with Crippen molar-refractivity contribution in [3.8, 4) is 0 Å². The van der Waals surface area contributed by atoms with Crippen molar-refractivity contribution in [2.75, 3.05) is 24.6 Å². The van der Waals surface area contributed by atoms with Crippen LogP contribution in [-0.2, 0) is 9.53 Å². The third-order valence-electron chi connectivity index (χ3n) is 4.01. The normalized spacial score (nSPS) is 22.0. The van der Waals surface area contributed by atoms with Gasteiger partial charge in [0.05, 0.1) is 13.2 Å². The molecule has 4 rings (SSSR count). The molecule has 1 N–H and O–H groups in total. The smallest absolute Gasteiger partial charge is 0.251 e. The molecule has 1 unspecified atom stereocenters. The number of hydrogen-bond acceptors (Lipinski definition) is 6. The number of rotatable bonds is 3. The van der Waals surface area contributed by atoms with Gasteiger partial charge in [-0.2, -0.15) is 4.52 Å². The minimum Gasteiger partial charge on any atom is -0.365 e. The quantitative estimate of drug-likeness (QED) is 0.853. The van der Waals surface area contributed by atoms with Crippen molar-refractivity contribution in [3.05, 3.63) is 18.0 Å². The Kier molecular flexibility index (Phi) is 3.18. The Morgan fingerprint density at radius 3 is 3.05 bits per heavy atom. The van der Waals surface area contributed by atoms with E-state index in [2.05, 4.69) is 25.5 Å². The predicted octanol–water partition coefficient (Wildman–Crippen LogP) is -0.0835. The lowest BCUT2D eigenvalue weighted by atomic mass is 10.2. The number of ether oxygens (including phenoxy) is 1. The first kappa shape index (κ1) is 13.4. The summed E-state index contributed by atoms with van der Waals surface area (Å²) in [6.07, 6.45) is 1.72. The number of amides is 1. The second kappa shape index (κ2) is 5.20. The Hall–Kier alpha value is -2.22. The van der Waals surface area contributed by atoms with Crippen molar-refractivity contribution in [3.63, 3.8) is 0 Å². The van der Waals surface area contributed by atoms with E-state index < -0.39 is 6.10 Å². The zero-order valence-electron chi connectivity index (χ0n) is 12.4. The van der Waals surface area contributed by atoms with Crippen LogP contribution in [-0.4, -0.2) is 57.6 Å². The topological polar surface area (TPSA) is 84.6 Å². The molecule has 116 valence electrons. The third kappa shape index (κ3) is 2.50. The second-order valence-electron chi connectivity index (χ2n) is 5.80. The van der Waals surface area contributed by atoms with Crippen LogP contribution in [0.4, 0.5) is 5.82 Å². The van der Waals surface area contributed by atoms with Crippen LogP contribution < -0.4 is 10.2 Å². The minimum atomic E-state index is -0.436. The van der Waals surface area contributed by atoms with Gasteiger partial charge < -0.3 is 15.0 Å². The molecule has 1 saturated carbocycles. The highest BCUT2D eigenvalue weighted by atomic mass is 16.5. The number of fused-ring (bicyclic) bond motifs is 1. The zero-order valence-corrected chi connectivity index (χ0v) is 12.4. The first-order valence-electron chi connectivity index (χ1n) is 7.57. The van der Waals surface area contributed by atoms with Crippen LogP contribution in [0.15, 0.2) is 12.1 Å². The van der Waals surface area contributed by atoms with Gasteiger partial charge in [0.25, 0.3) is 5.91 Å². The van der Waals surface area contributed by atoms with Gasteiger partial charge in [0.1, 0.15) is 5.82 Å². The van der Waals surface area contributed by atoms with E-state index in [0.717, 1.165) is 30.1 Å². The molecule has 1 saturated heterocycles. The van der Waals surface area contributed by atoms with Crippen LogP contribution in [0.5, 0.6) is 0 Å². The Labute approximate surface area is 127 Å². The maximum atomic E-state index is 12.1. The lowest BCUT2D eigenvalue weighted by Gasteiger charge is -2.32. The summed E-state index contributed by atoms with van der Waals surface area (Å²) in [5, 5.41) is 15.6. The number of carbonyl (C=O) groups is 1. The van der Waals surface area contributed by atoms with Gasteiger partial charge in [0.2, 0.25) is 0 Å². The SMILES string of the molecule is Cc1nnc2ccc(N3CCOC(C(=O)NC4CC4)C3)nn12. The molecule has 22 heavy (non-hydrogen) atoms. The average Bonchev–Trinajstić information content (AvgIpc) is 3.29. The summed E-state index contributed by atoms with van der Waals surface area (Å²) in [5.74, 6) is 1.53. The lowest BCUT2D eigenvalue weighted by Crippen LogP contribution is -2.50. The number of nitrogens with one attached hydrogen (secondary N) is 1. The molecule has 2 aliphatic rings. The lowest BCUT2D eigenvalue weighted by molar-refractivity contribution is -0.133. The highest BCUT2D eigenvalue weighted by Crippen LogP contribution is 2.20. The molecule has 2 fully saturated rings. The van der Waals surface area contributed by atoms with Gasteiger partial charge in [-0.3, -0.25) is 4.79 Å². The molecule has 1 aliphatic heterocycles. The summed E-state index contributed by atoms with van der Waals surface area (Å²) in [6.45, 7) is 3.61. The predicted molar refractivity (Wildman–Crippen MR) is 78.6 cm³/mol. The van der Waals surface area contributed by atoms with Gasteiger partial charge in [-0.05, 0) is 31.9 Å². The fourth-order valence-corrected chi connectivity index (χ4v) is 2.59. The van der Waals surface area contributed by atoms with E-state index in [0.29, 0.717) is 25.7 Å². The van der Waals surface area contributed by atoms with Gasteiger partial charge in [-0.15, -0.1) is 15.3 Å². The van der Waals surface area contributed by atoms with Crippen LogP contribution in [0, 0.1) is 6.92 Å². The van der Waals surface area contributed by atoms with Crippen molar-refractivity contribution in [1.29, 1.82) is 0 Å². The van der Waals surface area contributed by atoms with Gasteiger partial charge in [0.15, 0.2) is 17.6 Å². The third-order valence-corrected chi connectivity index (χ3v) is 4.01. The Morgan fingerprint density at radius 1 is 1.36 bits per heavy atom. The highest BCUT2D eigenvalue weighted by Gasteiger charge is 2.31. The Balaban J connectivity index is 1.52. The van der Waals surface area contributed by atoms with Crippen molar-refractivity contribution >= 4 is 17.4 Å². The first-order chi connectivity index (χ1) is 10.7. The van der Waals surface area contributed by atoms with Crippen LogP contribution in [0.1, 0.15) is 18.7 Å². The standard InChI is InChI=1S/C14H18N6O2/c1-9-16-17-12-4-5-13(18-20(9)12)19-6-7-22-11(8-19)14(21)15-10-2-3-10/h4-5,10-11H,2-3,6-8H2,1H3,(H,15,21). The average molecular weight is 302 g/mol. The molecule has 1 amide bonds. The molecule has 8 heteroatoms. The van der Waals surface area contributed by atoms with Crippen molar-refractivity contribution in [2.45, 2.75) is 31.9 Å². The van der Waals surface area contributed by atoms with E-state index in [4.69, 9.17) is 4.74 Å². The zero-order chi connectivity index (χ0) is 15.1. The fourth-order valence-electron chi connectivity index (χ4n) is 2.59. The molecular formula is C14H18N6O2. The molecule has 0 radical (unpaired) electrons. The van der Waals surface area contributed by atoms with E-state index in [1.807, 2.05) is 19.1 Å². The van der Waals surface area contributed by atoms with Crippen molar-refractivity contribution in [2.24, 2.45) is 0 Å². The van der Waals surface area contributed by atoms with Crippen LogP contribution in [0.3, 0.4) is 0 Å². The summed E-state index contributed by atoms with van der Waals surface area (Å²) < 4.78 is 7.32. The minimum absolute atomic E-state index is 0.0197. The molecule has 2 aromatic rings. The highest BCUT2D eigenvalue weighted by molar-refractivity contribution is 5.82. The monoisotopic (exact) mass is 302 g/mol. The molecule has 0 bridgehead atoms. The first-order valence-corrected chi connectivity index (χ1v) is 7.57.